The van der Waals surface area contributed by atoms with E-state index in [-0.39, 0.29) is 17.8 Å². The molecule has 2 rings (SSSR count). The van der Waals surface area contributed by atoms with Gasteiger partial charge in [0.15, 0.2) is 0 Å². The summed E-state index contributed by atoms with van der Waals surface area (Å²) in [5.41, 5.74) is 0.880. The molecule has 26 heavy (non-hydrogen) atoms. The lowest BCUT2D eigenvalue weighted by Gasteiger charge is -2.21. The minimum absolute atomic E-state index is 0.113. The second kappa shape index (κ2) is 10.5. The predicted molar refractivity (Wildman–Crippen MR) is 109 cm³/mol. The van der Waals surface area contributed by atoms with Gasteiger partial charge >= 0.3 is 5.97 Å². The minimum atomic E-state index is -0.760. The van der Waals surface area contributed by atoms with Crippen molar-refractivity contribution < 1.29 is 15.0 Å². The third-order valence-electron chi connectivity index (χ3n) is 4.88. The third kappa shape index (κ3) is 6.76. The maximum Gasteiger partial charge on any atom is 0.313 e. The number of aliphatic hydroxyl groups excluding tert-OH is 1. The number of unbranched alkanes of at least 4 members (excludes halogenated alkanes) is 1. The average Bonchev–Trinajstić information content (AvgIpc) is 2.81. The van der Waals surface area contributed by atoms with Crippen molar-refractivity contribution in [1.29, 1.82) is 0 Å². The van der Waals surface area contributed by atoms with Crippen LogP contribution in [0.15, 0.2) is 18.2 Å². The average molecular weight is 418 g/mol. The van der Waals surface area contributed by atoms with Crippen LogP contribution in [0.4, 0.5) is 0 Å². The van der Waals surface area contributed by atoms with Gasteiger partial charge in [-0.05, 0) is 54.5 Å². The number of halogens is 2. The quantitative estimate of drug-likeness (QED) is 0.435. The Labute approximate surface area is 169 Å². The van der Waals surface area contributed by atoms with E-state index >= 15 is 0 Å². The van der Waals surface area contributed by atoms with Crippen LogP contribution < -0.4 is 0 Å². The zero-order valence-electron chi connectivity index (χ0n) is 14.8. The molecule has 0 bridgehead atoms. The van der Waals surface area contributed by atoms with Crippen LogP contribution in [0.1, 0.15) is 38.2 Å². The molecule has 1 heterocycles. The van der Waals surface area contributed by atoms with Gasteiger partial charge in [-0.25, -0.2) is 4.98 Å². The summed E-state index contributed by atoms with van der Waals surface area (Å²) in [6, 6.07) is 3.51. The molecule has 1 aliphatic carbocycles. The Kier molecular flexibility index (Phi) is 8.74. The lowest BCUT2D eigenvalue weighted by molar-refractivity contribution is -0.133. The van der Waals surface area contributed by atoms with Crippen LogP contribution in [0.25, 0.3) is 6.08 Å². The number of aliphatic hydroxyl groups is 1. The molecule has 0 amide bonds. The molecule has 0 aliphatic heterocycles. The highest BCUT2D eigenvalue weighted by atomic mass is 35.5. The van der Waals surface area contributed by atoms with Crippen LogP contribution in [0, 0.1) is 17.8 Å². The molecule has 4 atom stereocenters. The van der Waals surface area contributed by atoms with Crippen LogP contribution in [-0.4, -0.2) is 38.8 Å². The number of carboxylic acids is 1. The molecule has 0 spiro atoms. The van der Waals surface area contributed by atoms with Crippen molar-refractivity contribution in [3.05, 3.63) is 34.1 Å². The SMILES string of the molecule is C[C@@H]1C[C@@H](O)[C@H](/C=C\c2cc(Cl)nc(Cl)c2)[C@H]1CCCCSCC(=O)O. The van der Waals surface area contributed by atoms with Gasteiger partial charge in [0, 0.05) is 5.92 Å². The molecule has 1 aliphatic rings. The molecule has 1 aromatic rings. The molecule has 7 heteroatoms. The molecular formula is C19H25Cl2NO3S. The number of hydrogen-bond acceptors (Lipinski definition) is 4. The van der Waals surface area contributed by atoms with Crippen molar-refractivity contribution in [2.24, 2.45) is 17.8 Å². The molecule has 0 aromatic carbocycles. The van der Waals surface area contributed by atoms with Crippen molar-refractivity contribution in [3.63, 3.8) is 0 Å². The predicted octanol–water partition coefficient (Wildman–Crippen LogP) is 5.02. The number of hydrogen-bond donors (Lipinski definition) is 2. The zero-order chi connectivity index (χ0) is 19.1. The van der Waals surface area contributed by atoms with Crippen molar-refractivity contribution in [2.75, 3.05) is 11.5 Å². The van der Waals surface area contributed by atoms with E-state index in [4.69, 9.17) is 28.3 Å². The van der Waals surface area contributed by atoms with Gasteiger partial charge in [0.1, 0.15) is 10.3 Å². The number of nitrogens with zero attached hydrogens (tertiary/aromatic N) is 1. The Bertz CT molecular complexity index is 621. The fraction of sp³-hybridized carbons (Fsp3) is 0.579. The number of pyridine rings is 1. The van der Waals surface area contributed by atoms with Crippen molar-refractivity contribution in [1.82, 2.24) is 4.98 Å². The summed E-state index contributed by atoms with van der Waals surface area (Å²) in [5.74, 6) is 1.28. The van der Waals surface area contributed by atoms with Gasteiger partial charge in [0.2, 0.25) is 0 Å². The van der Waals surface area contributed by atoms with Crippen LogP contribution in [-0.2, 0) is 4.79 Å². The maximum atomic E-state index is 10.5. The third-order valence-corrected chi connectivity index (χ3v) is 6.30. The monoisotopic (exact) mass is 417 g/mol. The Morgan fingerprint density at radius 2 is 2.04 bits per heavy atom. The molecule has 1 fully saturated rings. The fourth-order valence-electron chi connectivity index (χ4n) is 3.67. The molecule has 2 N–H and O–H groups in total. The largest absolute Gasteiger partial charge is 0.481 e. The van der Waals surface area contributed by atoms with E-state index in [1.165, 1.54) is 11.8 Å². The number of carboxylic acid groups (broad SMARTS) is 1. The first-order chi connectivity index (χ1) is 12.4. The molecule has 0 unspecified atom stereocenters. The number of rotatable bonds is 9. The highest BCUT2D eigenvalue weighted by molar-refractivity contribution is 7.99. The Morgan fingerprint density at radius 1 is 1.35 bits per heavy atom. The zero-order valence-corrected chi connectivity index (χ0v) is 17.1. The van der Waals surface area contributed by atoms with Gasteiger partial charge in [-0.3, -0.25) is 4.79 Å². The summed E-state index contributed by atoms with van der Waals surface area (Å²) >= 11 is 13.3. The summed E-state index contributed by atoms with van der Waals surface area (Å²) in [5, 5.41) is 19.8. The maximum absolute atomic E-state index is 10.5. The fourth-order valence-corrected chi connectivity index (χ4v) is 4.88. The second-order valence-electron chi connectivity index (χ2n) is 6.87. The van der Waals surface area contributed by atoms with Gasteiger partial charge in [-0.15, -0.1) is 0 Å². The van der Waals surface area contributed by atoms with Gasteiger partial charge in [-0.1, -0.05) is 48.7 Å². The molecule has 0 radical (unpaired) electrons. The Morgan fingerprint density at radius 3 is 2.69 bits per heavy atom. The van der Waals surface area contributed by atoms with Gasteiger partial charge in [-0.2, -0.15) is 11.8 Å². The van der Waals surface area contributed by atoms with E-state index in [1.54, 1.807) is 12.1 Å². The van der Waals surface area contributed by atoms with E-state index in [2.05, 4.69) is 18.0 Å². The number of carbonyl (C=O) groups is 1. The Hall–Kier alpha value is -0.750. The van der Waals surface area contributed by atoms with E-state index in [0.29, 0.717) is 22.1 Å². The second-order valence-corrected chi connectivity index (χ2v) is 8.75. The van der Waals surface area contributed by atoms with E-state index in [0.717, 1.165) is 37.0 Å². The van der Waals surface area contributed by atoms with Gasteiger partial charge in [0.25, 0.3) is 0 Å². The summed E-state index contributed by atoms with van der Waals surface area (Å²) in [6.07, 6.45) is 7.60. The molecule has 1 aromatic heterocycles. The Balaban J connectivity index is 1.90. The minimum Gasteiger partial charge on any atom is -0.481 e. The highest BCUT2D eigenvalue weighted by Gasteiger charge is 2.37. The van der Waals surface area contributed by atoms with Gasteiger partial charge in [0.05, 0.1) is 11.9 Å². The summed E-state index contributed by atoms with van der Waals surface area (Å²) in [7, 11) is 0. The van der Waals surface area contributed by atoms with Crippen LogP contribution >= 0.6 is 35.0 Å². The molecule has 144 valence electrons. The lowest BCUT2D eigenvalue weighted by Crippen LogP contribution is -2.18. The summed E-state index contributed by atoms with van der Waals surface area (Å²) in [4.78, 5) is 14.5. The van der Waals surface area contributed by atoms with Crippen molar-refractivity contribution >= 4 is 47.0 Å². The van der Waals surface area contributed by atoms with E-state index < -0.39 is 5.97 Å². The standard InChI is InChI=1S/C19H25Cl2NO3S/c1-12-8-16(23)15(6-5-13-9-17(20)22-18(21)10-13)14(12)4-2-3-7-26-11-19(24)25/h5-6,9-10,12,14-16,23H,2-4,7-8,11H2,1H3,(H,24,25)/b6-5-/t12-,14+,15-,16-/m1/s1. The van der Waals surface area contributed by atoms with Crippen LogP contribution in [0.2, 0.25) is 10.3 Å². The number of aliphatic carboxylic acids is 1. The molecule has 4 nitrogen and oxygen atoms in total. The first kappa shape index (κ1) is 21.5. The summed E-state index contributed by atoms with van der Waals surface area (Å²) < 4.78 is 0. The highest BCUT2D eigenvalue weighted by Crippen LogP contribution is 2.41. The van der Waals surface area contributed by atoms with Crippen molar-refractivity contribution in [2.45, 2.75) is 38.7 Å². The summed E-state index contributed by atoms with van der Waals surface area (Å²) in [6.45, 7) is 2.20. The van der Waals surface area contributed by atoms with E-state index in [9.17, 15) is 9.90 Å². The number of aromatic nitrogens is 1. The first-order valence-electron chi connectivity index (χ1n) is 8.85. The number of thioether (sulfide) groups is 1. The molecular weight excluding hydrogens is 393 g/mol. The van der Waals surface area contributed by atoms with Crippen LogP contribution in [0.5, 0.6) is 0 Å². The first-order valence-corrected chi connectivity index (χ1v) is 10.8. The molecule has 0 saturated heterocycles. The van der Waals surface area contributed by atoms with Crippen molar-refractivity contribution in [3.8, 4) is 0 Å². The molecule has 1 saturated carbocycles. The normalized spacial score (nSPS) is 25.8. The smallest absolute Gasteiger partial charge is 0.313 e. The van der Waals surface area contributed by atoms with Gasteiger partial charge < -0.3 is 10.2 Å². The lowest BCUT2D eigenvalue weighted by atomic mass is 9.85. The van der Waals surface area contributed by atoms with E-state index in [1.807, 2.05) is 6.08 Å². The van der Waals surface area contributed by atoms with Crippen LogP contribution in [0.3, 0.4) is 0 Å². The topological polar surface area (TPSA) is 70.4 Å².